The molecule has 5 heteroatoms. The van der Waals surface area contributed by atoms with Crippen molar-refractivity contribution >= 4 is 6.09 Å². The van der Waals surface area contributed by atoms with Crippen LogP contribution in [0, 0.1) is 0 Å². The summed E-state index contributed by atoms with van der Waals surface area (Å²) in [4.78, 5) is 17.3. The summed E-state index contributed by atoms with van der Waals surface area (Å²) in [6, 6.07) is 0. The number of hydrogen-bond donors (Lipinski definition) is 2. The predicted octanol–water partition coefficient (Wildman–Crippen LogP) is 0.191. The van der Waals surface area contributed by atoms with Crippen molar-refractivity contribution in [3.05, 3.63) is 18.2 Å². The van der Waals surface area contributed by atoms with Crippen LogP contribution in [-0.4, -0.2) is 22.6 Å². The van der Waals surface area contributed by atoms with E-state index >= 15 is 0 Å². The number of H-pyrrole nitrogens is 1. The number of hydrogen-bond acceptors (Lipinski definition) is 3. The van der Waals surface area contributed by atoms with Gasteiger partial charge in [-0.05, 0) is 0 Å². The number of ether oxygens (including phenoxy) is 1. The smallest absolute Gasteiger partial charge is 0.408 e. The standard InChI is InChI=1S/C6H7N3O2/c10-6-8-2-5(11-6)4-1-7-3-9-4/h1,3,5H,2H2,(H,7,9)(H,8,10). The first-order valence-electron chi connectivity index (χ1n) is 3.29. The molecule has 2 N–H and O–H groups in total. The molecule has 1 unspecified atom stereocenters. The van der Waals surface area contributed by atoms with E-state index in [9.17, 15) is 4.79 Å². The molecule has 0 spiro atoms. The molecule has 1 saturated heterocycles. The fourth-order valence-electron chi connectivity index (χ4n) is 1.00. The Morgan fingerprint density at radius 3 is 3.18 bits per heavy atom. The molecule has 2 heterocycles. The fourth-order valence-corrected chi connectivity index (χ4v) is 1.00. The Hall–Kier alpha value is -1.52. The molecule has 1 aromatic heterocycles. The largest absolute Gasteiger partial charge is 0.438 e. The molecule has 0 aliphatic carbocycles. The van der Waals surface area contributed by atoms with E-state index in [0.29, 0.717) is 6.54 Å². The van der Waals surface area contributed by atoms with E-state index in [2.05, 4.69) is 15.3 Å². The molecular formula is C6H7N3O2. The molecule has 58 valence electrons. The van der Waals surface area contributed by atoms with E-state index in [4.69, 9.17) is 4.74 Å². The monoisotopic (exact) mass is 153 g/mol. The van der Waals surface area contributed by atoms with Crippen LogP contribution in [0.5, 0.6) is 0 Å². The lowest BCUT2D eigenvalue weighted by molar-refractivity contribution is 0.139. The van der Waals surface area contributed by atoms with E-state index in [1.54, 1.807) is 12.5 Å². The van der Waals surface area contributed by atoms with Crippen LogP contribution < -0.4 is 5.32 Å². The third-order valence-corrected chi connectivity index (χ3v) is 1.55. The average Bonchev–Trinajstić information content (AvgIpc) is 2.55. The minimum atomic E-state index is -0.371. The van der Waals surface area contributed by atoms with Gasteiger partial charge >= 0.3 is 6.09 Å². The Morgan fingerprint density at radius 2 is 2.64 bits per heavy atom. The second kappa shape index (κ2) is 2.26. The van der Waals surface area contributed by atoms with E-state index in [1.807, 2.05) is 0 Å². The minimum Gasteiger partial charge on any atom is -0.438 e. The quantitative estimate of drug-likeness (QED) is 0.605. The van der Waals surface area contributed by atoms with E-state index in [1.165, 1.54) is 0 Å². The summed E-state index contributed by atoms with van der Waals surface area (Å²) in [6.07, 6.45) is 2.63. The van der Waals surface area contributed by atoms with Crippen LogP contribution in [0.3, 0.4) is 0 Å². The SMILES string of the molecule is O=C1NCC(c2cnc[nH]2)O1. The van der Waals surface area contributed by atoms with Crippen molar-refractivity contribution < 1.29 is 9.53 Å². The number of alkyl carbamates (subject to hydrolysis) is 1. The average molecular weight is 153 g/mol. The lowest BCUT2D eigenvalue weighted by atomic mass is 10.3. The topological polar surface area (TPSA) is 67.0 Å². The molecule has 5 nitrogen and oxygen atoms in total. The molecule has 11 heavy (non-hydrogen) atoms. The molecule has 0 bridgehead atoms. The summed E-state index contributed by atoms with van der Waals surface area (Å²) in [5, 5.41) is 2.55. The molecule has 1 aliphatic rings. The van der Waals surface area contributed by atoms with E-state index < -0.39 is 0 Å². The molecule has 1 aliphatic heterocycles. The normalized spacial score (nSPS) is 22.9. The highest BCUT2D eigenvalue weighted by molar-refractivity contribution is 5.69. The van der Waals surface area contributed by atoms with Gasteiger partial charge in [-0.1, -0.05) is 0 Å². The third kappa shape index (κ3) is 1.04. The summed E-state index contributed by atoms with van der Waals surface area (Å²) >= 11 is 0. The maximum absolute atomic E-state index is 10.6. The van der Waals surface area contributed by atoms with Crippen LogP contribution in [0.15, 0.2) is 12.5 Å². The van der Waals surface area contributed by atoms with Gasteiger partial charge in [0, 0.05) is 0 Å². The Labute approximate surface area is 62.8 Å². The molecule has 0 radical (unpaired) electrons. The molecule has 1 amide bonds. The van der Waals surface area contributed by atoms with Crippen molar-refractivity contribution in [2.45, 2.75) is 6.10 Å². The summed E-state index contributed by atoms with van der Waals surface area (Å²) in [7, 11) is 0. The Kier molecular flexibility index (Phi) is 1.28. The first kappa shape index (κ1) is 6.21. The Morgan fingerprint density at radius 1 is 1.73 bits per heavy atom. The molecule has 2 rings (SSSR count). The minimum absolute atomic E-state index is 0.204. The highest BCUT2D eigenvalue weighted by Gasteiger charge is 2.24. The van der Waals surface area contributed by atoms with Gasteiger partial charge < -0.3 is 15.0 Å². The molecule has 1 atom stereocenters. The highest BCUT2D eigenvalue weighted by Crippen LogP contribution is 2.16. The van der Waals surface area contributed by atoms with Gasteiger partial charge in [-0.25, -0.2) is 9.78 Å². The lowest BCUT2D eigenvalue weighted by Gasteiger charge is -2.02. The van der Waals surface area contributed by atoms with E-state index in [-0.39, 0.29) is 12.2 Å². The van der Waals surface area contributed by atoms with E-state index in [0.717, 1.165) is 5.69 Å². The molecule has 1 aromatic rings. The van der Waals surface area contributed by atoms with Crippen molar-refractivity contribution in [2.75, 3.05) is 6.54 Å². The highest BCUT2D eigenvalue weighted by atomic mass is 16.6. The number of rotatable bonds is 1. The number of amides is 1. The fraction of sp³-hybridized carbons (Fsp3) is 0.333. The number of imidazole rings is 1. The van der Waals surface area contributed by atoms with Gasteiger partial charge in [0.05, 0.1) is 24.8 Å². The van der Waals surface area contributed by atoms with Crippen LogP contribution in [0.4, 0.5) is 4.79 Å². The van der Waals surface area contributed by atoms with Crippen molar-refractivity contribution in [1.29, 1.82) is 0 Å². The van der Waals surface area contributed by atoms with Gasteiger partial charge in [0.2, 0.25) is 0 Å². The van der Waals surface area contributed by atoms with Gasteiger partial charge in [-0.15, -0.1) is 0 Å². The molecule has 1 fully saturated rings. The second-order valence-electron chi connectivity index (χ2n) is 2.28. The summed E-state index contributed by atoms with van der Waals surface area (Å²) in [6.45, 7) is 0.515. The summed E-state index contributed by atoms with van der Waals surface area (Å²) in [5.41, 5.74) is 0.823. The Balaban J connectivity index is 2.13. The number of cyclic esters (lactones) is 1. The van der Waals surface area contributed by atoms with Gasteiger partial charge in [0.15, 0.2) is 6.10 Å². The third-order valence-electron chi connectivity index (χ3n) is 1.55. The number of carbonyl (C=O) groups excluding carboxylic acids is 1. The maximum Gasteiger partial charge on any atom is 0.408 e. The van der Waals surface area contributed by atoms with Gasteiger partial charge in [0.25, 0.3) is 0 Å². The van der Waals surface area contributed by atoms with Crippen molar-refractivity contribution in [2.24, 2.45) is 0 Å². The zero-order chi connectivity index (χ0) is 7.68. The van der Waals surface area contributed by atoms with Gasteiger partial charge in [0.1, 0.15) is 0 Å². The van der Waals surface area contributed by atoms with Gasteiger partial charge in [-0.3, -0.25) is 0 Å². The van der Waals surface area contributed by atoms with Crippen molar-refractivity contribution in [1.82, 2.24) is 15.3 Å². The molecule has 0 aromatic carbocycles. The van der Waals surface area contributed by atoms with Crippen molar-refractivity contribution in [3.8, 4) is 0 Å². The zero-order valence-electron chi connectivity index (χ0n) is 5.70. The maximum atomic E-state index is 10.6. The van der Waals surface area contributed by atoms with Crippen LogP contribution in [0.2, 0.25) is 0 Å². The number of carbonyl (C=O) groups is 1. The number of nitrogens with zero attached hydrogens (tertiary/aromatic N) is 1. The second-order valence-corrected chi connectivity index (χ2v) is 2.28. The first-order chi connectivity index (χ1) is 5.36. The molecular weight excluding hydrogens is 146 g/mol. The number of aromatic nitrogens is 2. The van der Waals surface area contributed by atoms with Crippen LogP contribution in [0.1, 0.15) is 11.8 Å². The van der Waals surface area contributed by atoms with Crippen LogP contribution in [-0.2, 0) is 4.74 Å². The zero-order valence-corrected chi connectivity index (χ0v) is 5.70. The first-order valence-corrected chi connectivity index (χ1v) is 3.29. The lowest BCUT2D eigenvalue weighted by Crippen LogP contribution is -2.12. The van der Waals surface area contributed by atoms with Gasteiger partial charge in [-0.2, -0.15) is 0 Å². The van der Waals surface area contributed by atoms with Crippen molar-refractivity contribution in [3.63, 3.8) is 0 Å². The predicted molar refractivity (Wildman–Crippen MR) is 35.8 cm³/mol. The summed E-state index contributed by atoms with van der Waals surface area (Å²) < 4.78 is 4.88. The number of nitrogens with one attached hydrogen (secondary N) is 2. The Bertz CT molecular complexity index is 257. The van der Waals surface area contributed by atoms with Crippen LogP contribution in [0.25, 0.3) is 0 Å². The van der Waals surface area contributed by atoms with Crippen LogP contribution >= 0.6 is 0 Å². The molecule has 0 saturated carbocycles. The number of aromatic amines is 1. The summed E-state index contributed by atoms with van der Waals surface area (Å²) in [5.74, 6) is 0.